The molecule has 2 rings (SSSR count). The molecule has 0 saturated carbocycles. The Morgan fingerprint density at radius 3 is 2.32 bits per heavy atom. The maximum absolute atomic E-state index is 13.3. The molecule has 0 unspecified atom stereocenters. The molecule has 0 saturated heterocycles. The lowest BCUT2D eigenvalue weighted by atomic mass is 10.2. The van der Waals surface area contributed by atoms with Crippen molar-refractivity contribution >= 4 is 5.69 Å². The molecule has 0 radical (unpaired) electrons. The lowest BCUT2D eigenvalue weighted by Gasteiger charge is -2.08. The van der Waals surface area contributed by atoms with Crippen LogP contribution < -0.4 is 5.32 Å². The topological polar surface area (TPSA) is 21.3 Å². The van der Waals surface area contributed by atoms with Gasteiger partial charge in [0.1, 0.15) is 11.6 Å². The Kier molecular flexibility index (Phi) is 4.86. The molecule has 19 heavy (non-hydrogen) atoms. The molecule has 4 heteroatoms. The van der Waals surface area contributed by atoms with Crippen LogP contribution in [0, 0.1) is 11.6 Å². The Balaban J connectivity index is 1.71. The average molecular weight is 263 g/mol. The molecule has 0 bridgehead atoms. The number of para-hydroxylation sites is 1. The van der Waals surface area contributed by atoms with E-state index >= 15 is 0 Å². The smallest absolute Gasteiger partial charge is 0.146 e. The van der Waals surface area contributed by atoms with Crippen molar-refractivity contribution in [2.45, 2.75) is 6.61 Å². The molecule has 0 amide bonds. The summed E-state index contributed by atoms with van der Waals surface area (Å²) in [5, 5.41) is 2.92. The minimum atomic E-state index is -0.295. The van der Waals surface area contributed by atoms with Gasteiger partial charge in [-0.15, -0.1) is 0 Å². The predicted octanol–water partition coefficient (Wildman–Crippen LogP) is 3.59. The molecule has 0 spiro atoms. The summed E-state index contributed by atoms with van der Waals surface area (Å²) in [4.78, 5) is 0. The summed E-state index contributed by atoms with van der Waals surface area (Å²) in [6, 6.07) is 12.9. The van der Waals surface area contributed by atoms with Crippen molar-refractivity contribution in [1.29, 1.82) is 0 Å². The SMILES string of the molecule is Fc1ccccc1COCCNc1ccccc1F. The van der Waals surface area contributed by atoms with Gasteiger partial charge in [0, 0.05) is 12.1 Å². The maximum atomic E-state index is 13.3. The van der Waals surface area contributed by atoms with Crippen LogP contribution in [0.3, 0.4) is 0 Å². The normalized spacial score (nSPS) is 10.4. The fraction of sp³-hybridized carbons (Fsp3) is 0.200. The van der Waals surface area contributed by atoms with Crippen LogP contribution in [0.25, 0.3) is 0 Å². The molecule has 0 heterocycles. The highest BCUT2D eigenvalue weighted by Gasteiger charge is 2.01. The Labute approximate surface area is 111 Å². The highest BCUT2D eigenvalue weighted by molar-refractivity contribution is 5.44. The summed E-state index contributed by atoms with van der Waals surface area (Å²) >= 11 is 0. The van der Waals surface area contributed by atoms with Gasteiger partial charge in [-0.3, -0.25) is 0 Å². The monoisotopic (exact) mass is 263 g/mol. The standard InChI is InChI=1S/C15H15F2NO/c16-13-6-2-1-5-12(13)11-19-10-9-18-15-8-4-3-7-14(15)17/h1-8,18H,9-11H2. The van der Waals surface area contributed by atoms with Crippen LogP contribution >= 0.6 is 0 Å². The minimum Gasteiger partial charge on any atom is -0.380 e. The van der Waals surface area contributed by atoms with Crippen molar-refractivity contribution in [2.75, 3.05) is 18.5 Å². The van der Waals surface area contributed by atoms with E-state index in [1.807, 2.05) is 0 Å². The number of hydrogen-bond donors (Lipinski definition) is 1. The van der Waals surface area contributed by atoms with E-state index in [1.54, 1.807) is 36.4 Å². The van der Waals surface area contributed by atoms with Gasteiger partial charge in [-0.05, 0) is 18.2 Å². The number of nitrogens with one attached hydrogen (secondary N) is 1. The van der Waals surface area contributed by atoms with E-state index in [0.29, 0.717) is 24.4 Å². The second-order valence-electron chi connectivity index (χ2n) is 4.05. The molecule has 0 aromatic heterocycles. The summed E-state index contributed by atoms with van der Waals surface area (Å²) in [7, 11) is 0. The number of hydrogen-bond acceptors (Lipinski definition) is 2. The second-order valence-corrected chi connectivity index (χ2v) is 4.05. The maximum Gasteiger partial charge on any atom is 0.146 e. The van der Waals surface area contributed by atoms with E-state index in [-0.39, 0.29) is 18.2 Å². The van der Waals surface area contributed by atoms with Crippen molar-refractivity contribution in [3.63, 3.8) is 0 Å². The summed E-state index contributed by atoms with van der Waals surface area (Å²) in [5.41, 5.74) is 0.963. The first-order chi connectivity index (χ1) is 9.27. The first-order valence-corrected chi connectivity index (χ1v) is 6.07. The van der Waals surface area contributed by atoms with Gasteiger partial charge < -0.3 is 10.1 Å². The van der Waals surface area contributed by atoms with Gasteiger partial charge in [0.05, 0.1) is 18.9 Å². The second kappa shape index (κ2) is 6.85. The molecule has 100 valence electrons. The molecule has 0 aliphatic heterocycles. The van der Waals surface area contributed by atoms with Gasteiger partial charge in [-0.2, -0.15) is 0 Å². The van der Waals surface area contributed by atoms with E-state index in [2.05, 4.69) is 5.32 Å². The zero-order valence-corrected chi connectivity index (χ0v) is 10.4. The molecule has 0 fully saturated rings. The Hall–Kier alpha value is -1.94. The molecule has 0 aliphatic rings. The van der Waals surface area contributed by atoms with Crippen molar-refractivity contribution in [3.8, 4) is 0 Å². The molecule has 0 aliphatic carbocycles. The average Bonchev–Trinajstić information content (AvgIpc) is 2.42. The molecule has 2 nitrogen and oxygen atoms in total. The first-order valence-electron chi connectivity index (χ1n) is 6.07. The zero-order valence-electron chi connectivity index (χ0n) is 10.4. The van der Waals surface area contributed by atoms with E-state index in [9.17, 15) is 8.78 Å². The molecular formula is C15H15F2NO. The number of benzene rings is 2. The van der Waals surface area contributed by atoms with Gasteiger partial charge in [-0.25, -0.2) is 8.78 Å². The summed E-state index contributed by atoms with van der Waals surface area (Å²) in [5.74, 6) is -0.568. The van der Waals surface area contributed by atoms with E-state index in [4.69, 9.17) is 4.74 Å². The Morgan fingerprint density at radius 2 is 1.58 bits per heavy atom. The lowest BCUT2D eigenvalue weighted by Crippen LogP contribution is -2.10. The van der Waals surface area contributed by atoms with E-state index in [0.717, 1.165) is 0 Å². The van der Waals surface area contributed by atoms with Gasteiger partial charge >= 0.3 is 0 Å². The first kappa shape index (κ1) is 13.5. The summed E-state index contributed by atoms with van der Waals surface area (Å²) in [6.45, 7) is 1.06. The quantitative estimate of drug-likeness (QED) is 0.804. The molecule has 2 aromatic carbocycles. The molecule has 1 N–H and O–H groups in total. The lowest BCUT2D eigenvalue weighted by molar-refractivity contribution is 0.128. The Morgan fingerprint density at radius 1 is 0.895 bits per heavy atom. The van der Waals surface area contributed by atoms with Crippen LogP contribution in [0.4, 0.5) is 14.5 Å². The van der Waals surface area contributed by atoms with Gasteiger partial charge in [0.25, 0.3) is 0 Å². The predicted molar refractivity (Wildman–Crippen MR) is 70.9 cm³/mol. The highest BCUT2D eigenvalue weighted by Crippen LogP contribution is 2.12. The third-order valence-corrected chi connectivity index (χ3v) is 2.65. The highest BCUT2D eigenvalue weighted by atomic mass is 19.1. The third-order valence-electron chi connectivity index (χ3n) is 2.65. The van der Waals surface area contributed by atoms with Crippen LogP contribution in [-0.4, -0.2) is 13.2 Å². The van der Waals surface area contributed by atoms with Gasteiger partial charge in [0.2, 0.25) is 0 Å². The van der Waals surface area contributed by atoms with Crippen LogP contribution in [-0.2, 0) is 11.3 Å². The fourth-order valence-corrected chi connectivity index (χ4v) is 1.66. The van der Waals surface area contributed by atoms with Crippen molar-refractivity contribution in [1.82, 2.24) is 0 Å². The molecular weight excluding hydrogens is 248 g/mol. The van der Waals surface area contributed by atoms with Crippen LogP contribution in [0.2, 0.25) is 0 Å². The summed E-state index contributed by atoms with van der Waals surface area (Å²) in [6.07, 6.45) is 0. The minimum absolute atomic E-state index is 0.214. The number of rotatable bonds is 6. The van der Waals surface area contributed by atoms with Crippen LogP contribution in [0.15, 0.2) is 48.5 Å². The van der Waals surface area contributed by atoms with E-state index < -0.39 is 0 Å². The number of ether oxygens (including phenoxy) is 1. The van der Waals surface area contributed by atoms with Gasteiger partial charge in [-0.1, -0.05) is 30.3 Å². The molecule has 2 aromatic rings. The largest absolute Gasteiger partial charge is 0.380 e. The zero-order chi connectivity index (χ0) is 13.5. The van der Waals surface area contributed by atoms with Crippen molar-refractivity contribution in [3.05, 3.63) is 65.7 Å². The fourth-order valence-electron chi connectivity index (χ4n) is 1.66. The van der Waals surface area contributed by atoms with Crippen molar-refractivity contribution < 1.29 is 13.5 Å². The van der Waals surface area contributed by atoms with Crippen LogP contribution in [0.5, 0.6) is 0 Å². The van der Waals surface area contributed by atoms with Crippen molar-refractivity contribution in [2.24, 2.45) is 0 Å². The summed E-state index contributed by atoms with van der Waals surface area (Å²) < 4.78 is 31.9. The number of halogens is 2. The Bertz CT molecular complexity index is 484. The molecule has 0 atom stereocenters. The third kappa shape index (κ3) is 4.03. The van der Waals surface area contributed by atoms with Gasteiger partial charge in [0.15, 0.2) is 0 Å². The van der Waals surface area contributed by atoms with E-state index in [1.165, 1.54) is 12.1 Å². The van der Waals surface area contributed by atoms with Crippen LogP contribution in [0.1, 0.15) is 5.56 Å². The number of anilines is 1.